The Labute approximate surface area is 159 Å². The van der Waals surface area contributed by atoms with E-state index in [1.165, 1.54) is 0 Å². The molecule has 1 amide bonds. The van der Waals surface area contributed by atoms with Gasteiger partial charge in [-0.25, -0.2) is 8.78 Å². The molecule has 2 aromatic carbocycles. The second-order valence-corrected chi connectivity index (χ2v) is 7.00. The van der Waals surface area contributed by atoms with Crippen molar-refractivity contribution in [2.24, 2.45) is 0 Å². The Kier molecular flexibility index (Phi) is 3.99. The first-order valence-electron chi connectivity index (χ1n) is 9.06. The summed E-state index contributed by atoms with van der Waals surface area (Å²) in [6.45, 7) is 0.754. The molecule has 1 unspecified atom stereocenters. The maximum Gasteiger partial charge on any atom is 0.226 e. The molecule has 3 aliphatic heterocycles. The summed E-state index contributed by atoms with van der Waals surface area (Å²) in [5.74, 6) is -0.749. The van der Waals surface area contributed by atoms with Crippen LogP contribution in [0.15, 0.2) is 36.4 Å². The van der Waals surface area contributed by atoms with Gasteiger partial charge >= 0.3 is 0 Å². The summed E-state index contributed by atoms with van der Waals surface area (Å²) in [7, 11) is 0. The summed E-state index contributed by atoms with van der Waals surface area (Å²) in [6, 6.07) is 9.27. The highest BCUT2D eigenvalue weighted by atomic mass is 19.1. The number of para-hydroxylation sites is 2. The van der Waals surface area contributed by atoms with E-state index in [1.54, 1.807) is 11.0 Å². The molecule has 0 radical (unpaired) electrons. The minimum atomic E-state index is -0.689. The molecule has 3 heterocycles. The maximum atomic E-state index is 13.9. The lowest BCUT2D eigenvalue weighted by molar-refractivity contribution is -0.133. The van der Waals surface area contributed by atoms with E-state index in [0.717, 1.165) is 12.1 Å². The zero-order valence-corrected chi connectivity index (χ0v) is 14.8. The molecule has 0 N–H and O–H groups in total. The summed E-state index contributed by atoms with van der Waals surface area (Å²) in [6.07, 6.45) is -1.36. The van der Waals surface area contributed by atoms with Crippen LogP contribution in [0.1, 0.15) is 6.42 Å². The number of rotatable bonds is 2. The van der Waals surface area contributed by atoms with Gasteiger partial charge in [-0.05, 0) is 24.3 Å². The fourth-order valence-electron chi connectivity index (χ4n) is 3.70. The Balaban J connectivity index is 1.24. The number of fused-ring (bicyclic) bond motifs is 3. The van der Waals surface area contributed by atoms with Gasteiger partial charge in [0.1, 0.15) is 12.7 Å². The number of hydrogen-bond acceptors (Lipinski definition) is 5. The van der Waals surface area contributed by atoms with Crippen LogP contribution in [0.5, 0.6) is 23.0 Å². The molecule has 146 valence electrons. The van der Waals surface area contributed by atoms with E-state index >= 15 is 0 Å². The van der Waals surface area contributed by atoms with Gasteiger partial charge in [0.2, 0.25) is 17.4 Å². The van der Waals surface area contributed by atoms with Gasteiger partial charge in [-0.2, -0.15) is 0 Å². The molecule has 1 saturated heterocycles. The van der Waals surface area contributed by atoms with Gasteiger partial charge < -0.3 is 23.8 Å². The average molecular weight is 389 g/mol. The fraction of sp³-hybridized carbons (Fsp3) is 0.350. The number of amides is 1. The molecule has 0 bridgehead atoms. The summed E-state index contributed by atoms with van der Waals surface area (Å²) >= 11 is 0. The van der Waals surface area contributed by atoms with Crippen molar-refractivity contribution in [1.82, 2.24) is 4.90 Å². The number of carbonyl (C=O) groups excluding carboxylic acids is 1. The number of ether oxygens (including phenoxy) is 4. The molecule has 2 aromatic rings. The van der Waals surface area contributed by atoms with Crippen molar-refractivity contribution in [3.05, 3.63) is 48.0 Å². The van der Waals surface area contributed by atoms with E-state index in [4.69, 9.17) is 18.9 Å². The maximum absolute atomic E-state index is 13.9. The number of nitrogens with zero attached hydrogens (tertiary/aromatic N) is 1. The predicted octanol–water partition coefficient (Wildman–Crippen LogP) is 2.55. The van der Waals surface area contributed by atoms with E-state index in [1.807, 2.05) is 18.2 Å². The second-order valence-electron chi connectivity index (χ2n) is 7.00. The van der Waals surface area contributed by atoms with E-state index in [-0.39, 0.29) is 43.5 Å². The van der Waals surface area contributed by atoms with Crippen LogP contribution in [0.2, 0.25) is 0 Å². The normalized spacial score (nSPS) is 24.6. The largest absolute Gasteiger partial charge is 0.486 e. The Hall–Kier alpha value is -3.03. The number of halogens is 2. The van der Waals surface area contributed by atoms with E-state index in [9.17, 15) is 13.6 Å². The number of likely N-dealkylation sites (tertiary alicyclic amines) is 1. The van der Waals surface area contributed by atoms with Crippen molar-refractivity contribution in [2.75, 3.05) is 19.7 Å². The van der Waals surface area contributed by atoms with Crippen LogP contribution in [-0.4, -0.2) is 48.8 Å². The second kappa shape index (κ2) is 6.54. The Morgan fingerprint density at radius 1 is 0.929 bits per heavy atom. The van der Waals surface area contributed by atoms with Crippen molar-refractivity contribution < 1.29 is 32.5 Å². The van der Waals surface area contributed by atoms with E-state index in [2.05, 4.69) is 0 Å². The number of hydrogen-bond donors (Lipinski definition) is 0. The van der Waals surface area contributed by atoms with Crippen LogP contribution in [0.25, 0.3) is 0 Å². The van der Waals surface area contributed by atoms with Gasteiger partial charge in [0.05, 0.1) is 19.5 Å². The molecular formula is C20H17F2NO5. The van der Waals surface area contributed by atoms with Crippen LogP contribution in [0.3, 0.4) is 0 Å². The van der Waals surface area contributed by atoms with Crippen molar-refractivity contribution in [2.45, 2.75) is 24.7 Å². The minimum Gasteiger partial charge on any atom is -0.486 e. The smallest absolute Gasteiger partial charge is 0.226 e. The van der Waals surface area contributed by atoms with E-state index < -0.39 is 29.9 Å². The highest BCUT2D eigenvalue weighted by Gasteiger charge is 2.44. The van der Waals surface area contributed by atoms with Gasteiger partial charge in [0.15, 0.2) is 35.3 Å². The van der Waals surface area contributed by atoms with Crippen molar-refractivity contribution >= 4 is 5.91 Å². The SMILES string of the molecule is O=C(CC1COc2ccccc2O1)N1C[C@@H]2Oc3c(F)ccc(F)c3O[C@@H]2C1. The average Bonchev–Trinajstić information content (AvgIpc) is 3.13. The van der Waals surface area contributed by atoms with Crippen LogP contribution in [-0.2, 0) is 4.79 Å². The number of benzene rings is 2. The molecule has 3 aliphatic rings. The Morgan fingerprint density at radius 2 is 1.54 bits per heavy atom. The first-order valence-corrected chi connectivity index (χ1v) is 9.06. The molecule has 0 saturated carbocycles. The highest BCUT2D eigenvalue weighted by Crippen LogP contribution is 2.40. The monoisotopic (exact) mass is 389 g/mol. The molecule has 1 fully saturated rings. The predicted molar refractivity (Wildman–Crippen MR) is 92.7 cm³/mol. The van der Waals surface area contributed by atoms with Crippen LogP contribution < -0.4 is 18.9 Å². The van der Waals surface area contributed by atoms with Crippen molar-refractivity contribution in [3.63, 3.8) is 0 Å². The number of carbonyl (C=O) groups is 1. The minimum absolute atomic E-state index is 0.128. The topological polar surface area (TPSA) is 57.2 Å². The third-order valence-corrected chi connectivity index (χ3v) is 5.09. The van der Waals surface area contributed by atoms with Crippen LogP contribution in [0.4, 0.5) is 8.78 Å². The van der Waals surface area contributed by atoms with Crippen LogP contribution >= 0.6 is 0 Å². The molecule has 0 aliphatic carbocycles. The molecule has 3 atom stereocenters. The fourth-order valence-corrected chi connectivity index (χ4v) is 3.70. The Morgan fingerprint density at radius 3 is 2.18 bits per heavy atom. The molecule has 28 heavy (non-hydrogen) atoms. The zero-order chi connectivity index (χ0) is 19.3. The summed E-state index contributed by atoms with van der Waals surface area (Å²) < 4.78 is 50.5. The molecule has 6 nitrogen and oxygen atoms in total. The third kappa shape index (κ3) is 2.89. The third-order valence-electron chi connectivity index (χ3n) is 5.09. The first-order chi connectivity index (χ1) is 13.6. The quantitative estimate of drug-likeness (QED) is 0.790. The van der Waals surface area contributed by atoms with Gasteiger partial charge in [0, 0.05) is 0 Å². The molecule has 5 rings (SSSR count). The van der Waals surface area contributed by atoms with Gasteiger partial charge in [-0.1, -0.05) is 12.1 Å². The highest BCUT2D eigenvalue weighted by molar-refractivity contribution is 5.77. The summed E-state index contributed by atoms with van der Waals surface area (Å²) in [4.78, 5) is 14.3. The van der Waals surface area contributed by atoms with Crippen molar-refractivity contribution in [3.8, 4) is 23.0 Å². The lowest BCUT2D eigenvalue weighted by Crippen LogP contribution is -2.39. The summed E-state index contributed by atoms with van der Waals surface area (Å²) in [5, 5.41) is 0. The standard InChI is InChI=1S/C20H17F2NO5/c21-12-5-6-13(22)20-19(12)27-16-8-23(9-17(16)28-20)18(24)7-11-10-25-14-3-1-2-4-15(14)26-11/h1-6,11,16-17H,7-10H2/t11?,16-,17+. The van der Waals surface area contributed by atoms with Gasteiger partial charge in [-0.15, -0.1) is 0 Å². The molecule has 8 heteroatoms. The van der Waals surface area contributed by atoms with Gasteiger partial charge in [0.25, 0.3) is 0 Å². The zero-order valence-electron chi connectivity index (χ0n) is 14.8. The lowest BCUT2D eigenvalue weighted by atomic mass is 10.2. The molecule has 0 aromatic heterocycles. The summed E-state index contributed by atoms with van der Waals surface area (Å²) in [5.41, 5.74) is 0. The van der Waals surface area contributed by atoms with Gasteiger partial charge in [-0.3, -0.25) is 4.79 Å². The lowest BCUT2D eigenvalue weighted by Gasteiger charge is -2.28. The van der Waals surface area contributed by atoms with Crippen LogP contribution in [0, 0.1) is 11.6 Å². The van der Waals surface area contributed by atoms with Crippen molar-refractivity contribution in [1.29, 1.82) is 0 Å². The molecule has 0 spiro atoms. The Bertz CT molecular complexity index is 898. The first kappa shape index (κ1) is 17.1. The van der Waals surface area contributed by atoms with E-state index in [0.29, 0.717) is 11.5 Å². The molecular weight excluding hydrogens is 372 g/mol.